The molecule has 104 valence electrons. The average Bonchev–Trinajstić information content (AvgIpc) is 2.92. The second-order valence-corrected chi connectivity index (χ2v) is 6.83. The number of likely N-dealkylation sites (N-methyl/N-ethyl adjacent to an activating group) is 1. The Morgan fingerprint density at radius 3 is 2.68 bits per heavy atom. The summed E-state index contributed by atoms with van der Waals surface area (Å²) in [5.74, 6) is 0.938. The highest BCUT2D eigenvalue weighted by atomic mass is 35.5. The molecular formula is C12H16Cl2N4S. The summed E-state index contributed by atoms with van der Waals surface area (Å²) in [6.07, 6.45) is 2.31. The quantitative estimate of drug-likeness (QED) is 0.913. The van der Waals surface area contributed by atoms with Crippen LogP contribution in [0.1, 0.15) is 37.3 Å². The number of halogens is 2. The highest BCUT2D eigenvalue weighted by Gasteiger charge is 2.19. The topological polar surface area (TPSA) is 42.7 Å². The predicted octanol–water partition coefficient (Wildman–Crippen LogP) is 3.73. The fourth-order valence-corrected chi connectivity index (χ4v) is 3.57. The van der Waals surface area contributed by atoms with E-state index < -0.39 is 0 Å². The van der Waals surface area contributed by atoms with Gasteiger partial charge >= 0.3 is 0 Å². The third kappa shape index (κ3) is 3.28. The monoisotopic (exact) mass is 318 g/mol. The maximum atomic E-state index is 6.21. The van der Waals surface area contributed by atoms with E-state index >= 15 is 0 Å². The first-order chi connectivity index (χ1) is 9.02. The predicted molar refractivity (Wildman–Crippen MR) is 80.3 cm³/mol. The van der Waals surface area contributed by atoms with Crippen molar-refractivity contribution in [2.75, 3.05) is 7.05 Å². The number of thiophene rings is 1. The highest BCUT2D eigenvalue weighted by molar-refractivity contribution is 7.20. The van der Waals surface area contributed by atoms with E-state index in [1.54, 1.807) is 6.33 Å². The molecule has 0 spiro atoms. The van der Waals surface area contributed by atoms with E-state index in [9.17, 15) is 0 Å². The maximum Gasteiger partial charge on any atom is 0.138 e. The van der Waals surface area contributed by atoms with Gasteiger partial charge in [0, 0.05) is 24.1 Å². The van der Waals surface area contributed by atoms with E-state index in [2.05, 4.69) is 29.2 Å². The third-order valence-corrected chi connectivity index (χ3v) is 4.45. The summed E-state index contributed by atoms with van der Waals surface area (Å²) >= 11 is 13.6. The number of rotatable bonds is 5. The molecule has 4 nitrogen and oxygen atoms in total. The molecule has 1 N–H and O–H groups in total. The van der Waals surface area contributed by atoms with Crippen molar-refractivity contribution in [2.45, 2.75) is 32.4 Å². The van der Waals surface area contributed by atoms with Gasteiger partial charge in [-0.05, 0) is 27.0 Å². The van der Waals surface area contributed by atoms with E-state index in [1.165, 1.54) is 11.3 Å². The van der Waals surface area contributed by atoms with Gasteiger partial charge in [0.05, 0.1) is 8.67 Å². The summed E-state index contributed by atoms with van der Waals surface area (Å²) in [5.41, 5.74) is 1.01. The molecule has 1 unspecified atom stereocenters. The molecule has 0 radical (unpaired) electrons. The van der Waals surface area contributed by atoms with Crippen LogP contribution in [0.15, 0.2) is 12.4 Å². The van der Waals surface area contributed by atoms with Gasteiger partial charge in [-0.1, -0.05) is 23.2 Å². The van der Waals surface area contributed by atoms with Crippen molar-refractivity contribution >= 4 is 34.5 Å². The van der Waals surface area contributed by atoms with Crippen molar-refractivity contribution in [1.29, 1.82) is 0 Å². The van der Waals surface area contributed by atoms with Gasteiger partial charge in [0.2, 0.25) is 0 Å². The smallest absolute Gasteiger partial charge is 0.138 e. The van der Waals surface area contributed by atoms with Gasteiger partial charge in [-0.3, -0.25) is 0 Å². The van der Waals surface area contributed by atoms with E-state index in [0.29, 0.717) is 4.34 Å². The molecule has 0 amide bonds. The van der Waals surface area contributed by atoms with E-state index in [1.807, 2.05) is 17.8 Å². The summed E-state index contributed by atoms with van der Waals surface area (Å²) in [6, 6.07) is 2.28. The molecule has 0 aliphatic heterocycles. The minimum absolute atomic E-state index is 0.0814. The fraction of sp³-hybridized carbons (Fsp3) is 0.500. The molecule has 1 atom stereocenters. The second-order valence-electron chi connectivity index (χ2n) is 4.54. The van der Waals surface area contributed by atoms with Crippen molar-refractivity contribution in [3.63, 3.8) is 0 Å². The molecule has 0 bridgehead atoms. The summed E-state index contributed by atoms with van der Waals surface area (Å²) < 4.78 is 3.34. The van der Waals surface area contributed by atoms with E-state index in [4.69, 9.17) is 23.2 Å². The molecule has 2 heterocycles. The summed E-state index contributed by atoms with van der Waals surface area (Å²) in [7, 11) is 1.91. The Hall–Kier alpha value is -0.620. The molecule has 2 aromatic rings. The Morgan fingerprint density at radius 2 is 2.16 bits per heavy atom. The average molecular weight is 319 g/mol. The molecule has 2 rings (SSSR count). The number of nitrogens with one attached hydrogen (secondary N) is 1. The first-order valence-electron chi connectivity index (χ1n) is 6.03. The molecule has 0 aliphatic carbocycles. The molecule has 7 heteroatoms. The Bertz CT molecular complexity index is 550. The number of aromatic nitrogens is 3. The van der Waals surface area contributed by atoms with Crippen LogP contribution in [0.3, 0.4) is 0 Å². The van der Waals surface area contributed by atoms with Crippen molar-refractivity contribution < 1.29 is 0 Å². The number of nitrogens with zero attached hydrogens (tertiary/aromatic N) is 3. The molecule has 2 aromatic heterocycles. The SMILES string of the molecule is CNC(Cc1ncnn1C(C)C)c1cc(Cl)sc1Cl. The summed E-state index contributed by atoms with van der Waals surface area (Å²) in [4.78, 5) is 4.33. The number of hydrogen-bond donors (Lipinski definition) is 1. The Labute approximate surface area is 126 Å². The van der Waals surface area contributed by atoms with Crippen LogP contribution in [0.5, 0.6) is 0 Å². The largest absolute Gasteiger partial charge is 0.313 e. The van der Waals surface area contributed by atoms with Crippen LogP contribution in [-0.4, -0.2) is 21.8 Å². The Balaban J connectivity index is 2.24. The standard InChI is InChI=1S/C12H16Cl2N4S/c1-7(2)18-11(16-6-17-18)5-9(15-3)8-4-10(13)19-12(8)14/h4,6-7,9,15H,5H2,1-3H3. The zero-order valence-corrected chi connectivity index (χ0v) is 13.4. The number of hydrogen-bond acceptors (Lipinski definition) is 4. The lowest BCUT2D eigenvalue weighted by Gasteiger charge is -2.17. The highest BCUT2D eigenvalue weighted by Crippen LogP contribution is 2.35. The van der Waals surface area contributed by atoms with Crippen LogP contribution in [-0.2, 0) is 6.42 Å². The third-order valence-electron chi connectivity index (χ3n) is 2.93. The van der Waals surface area contributed by atoms with Gasteiger partial charge in [0.25, 0.3) is 0 Å². The molecule has 0 saturated heterocycles. The zero-order valence-electron chi connectivity index (χ0n) is 11.0. The Kier molecular flexibility index (Phi) is 4.84. The van der Waals surface area contributed by atoms with Crippen LogP contribution >= 0.6 is 34.5 Å². The van der Waals surface area contributed by atoms with Gasteiger partial charge in [0.15, 0.2) is 0 Å². The van der Waals surface area contributed by atoms with Crippen LogP contribution in [0.2, 0.25) is 8.67 Å². The van der Waals surface area contributed by atoms with Crippen LogP contribution in [0.4, 0.5) is 0 Å². The Morgan fingerprint density at radius 1 is 1.42 bits per heavy atom. The molecule has 0 aliphatic rings. The minimum atomic E-state index is 0.0814. The van der Waals surface area contributed by atoms with E-state index in [0.717, 1.165) is 22.1 Å². The van der Waals surface area contributed by atoms with Crippen LogP contribution in [0.25, 0.3) is 0 Å². The van der Waals surface area contributed by atoms with Gasteiger partial charge in [-0.25, -0.2) is 9.67 Å². The van der Waals surface area contributed by atoms with Crippen molar-refractivity contribution in [3.05, 3.63) is 32.5 Å². The van der Waals surface area contributed by atoms with Crippen molar-refractivity contribution in [3.8, 4) is 0 Å². The van der Waals surface area contributed by atoms with Crippen LogP contribution in [0, 0.1) is 0 Å². The molecular weight excluding hydrogens is 303 g/mol. The van der Waals surface area contributed by atoms with Crippen molar-refractivity contribution in [2.24, 2.45) is 0 Å². The van der Waals surface area contributed by atoms with E-state index in [-0.39, 0.29) is 12.1 Å². The lowest BCUT2D eigenvalue weighted by atomic mass is 10.1. The molecule has 19 heavy (non-hydrogen) atoms. The summed E-state index contributed by atoms with van der Waals surface area (Å²) in [6.45, 7) is 4.17. The lowest BCUT2D eigenvalue weighted by molar-refractivity contribution is 0.478. The lowest BCUT2D eigenvalue weighted by Crippen LogP contribution is -2.21. The fourth-order valence-electron chi connectivity index (χ4n) is 1.99. The molecule has 0 saturated carbocycles. The van der Waals surface area contributed by atoms with Gasteiger partial charge in [-0.2, -0.15) is 5.10 Å². The minimum Gasteiger partial charge on any atom is -0.313 e. The van der Waals surface area contributed by atoms with Gasteiger partial charge in [0.1, 0.15) is 12.2 Å². The first kappa shape index (κ1) is 14.8. The maximum absolute atomic E-state index is 6.21. The van der Waals surface area contributed by atoms with Gasteiger partial charge < -0.3 is 5.32 Å². The molecule has 0 aromatic carbocycles. The zero-order chi connectivity index (χ0) is 14.0. The first-order valence-corrected chi connectivity index (χ1v) is 7.60. The molecule has 0 fully saturated rings. The normalized spacial score (nSPS) is 13.2. The van der Waals surface area contributed by atoms with Gasteiger partial charge in [-0.15, -0.1) is 11.3 Å². The second kappa shape index (κ2) is 6.22. The summed E-state index contributed by atoms with van der Waals surface area (Å²) in [5, 5.41) is 7.51. The van der Waals surface area contributed by atoms with Crippen LogP contribution < -0.4 is 5.32 Å². The van der Waals surface area contributed by atoms with Crippen molar-refractivity contribution in [1.82, 2.24) is 20.1 Å².